The molecule has 0 spiro atoms. The number of sulfonamides is 1. The standard InChI is InChI=1S/C11H22NO5PS2/c1-2-17-4-3-5-18(19)8-9(13)6-10-7-11(14)12-20(10,15)16/h9-10,13,18H,2-8H2,1H3,(H,12,14). The van der Waals surface area contributed by atoms with Crippen molar-refractivity contribution in [1.29, 1.82) is 0 Å². The molecule has 0 aromatic heterocycles. The third-order valence-electron chi connectivity index (χ3n) is 3.05. The van der Waals surface area contributed by atoms with Crippen molar-refractivity contribution in [2.75, 3.05) is 25.5 Å². The van der Waals surface area contributed by atoms with Gasteiger partial charge in [0.25, 0.3) is 0 Å². The van der Waals surface area contributed by atoms with Crippen molar-refractivity contribution in [3.8, 4) is 0 Å². The molecular formula is C11H22NO5PS2. The Bertz CT molecular complexity index is 454. The number of amides is 1. The molecule has 0 bridgehead atoms. The van der Waals surface area contributed by atoms with Crippen LogP contribution in [0.4, 0.5) is 0 Å². The van der Waals surface area contributed by atoms with Crippen LogP contribution < -0.4 is 4.72 Å². The van der Waals surface area contributed by atoms with Crippen molar-refractivity contribution in [2.45, 2.75) is 37.5 Å². The molecule has 2 N–H and O–H groups in total. The molecule has 1 amide bonds. The van der Waals surface area contributed by atoms with Crippen molar-refractivity contribution >= 4 is 34.4 Å². The Balaban J connectivity index is 2.31. The van der Waals surface area contributed by atoms with Gasteiger partial charge >= 0.3 is 0 Å². The topological polar surface area (TPSA) is 92.7 Å². The lowest BCUT2D eigenvalue weighted by Gasteiger charge is -2.15. The van der Waals surface area contributed by atoms with E-state index in [0.29, 0.717) is 19.4 Å². The first-order valence-corrected chi connectivity index (χ1v) is 11.3. The first kappa shape index (κ1) is 18.0. The minimum absolute atomic E-state index is 0.0662. The quantitative estimate of drug-likeness (QED) is 0.454. The number of hydrogen-bond donors (Lipinski definition) is 2. The van der Waals surface area contributed by atoms with E-state index in [4.69, 9.17) is 16.5 Å². The highest BCUT2D eigenvalue weighted by molar-refractivity contribution is 8.05. The highest BCUT2D eigenvalue weighted by atomic mass is 32.4. The van der Waals surface area contributed by atoms with Crippen LogP contribution in [0.3, 0.4) is 0 Å². The summed E-state index contributed by atoms with van der Waals surface area (Å²) in [5.74, 6) is -0.497. The van der Waals surface area contributed by atoms with Gasteiger partial charge in [0.2, 0.25) is 15.9 Å². The minimum Gasteiger partial charge on any atom is -0.393 e. The van der Waals surface area contributed by atoms with Gasteiger partial charge < -0.3 is 9.84 Å². The molecule has 1 aliphatic rings. The molecule has 0 aromatic carbocycles. The lowest BCUT2D eigenvalue weighted by Crippen LogP contribution is -2.28. The second kappa shape index (κ2) is 8.44. The normalized spacial score (nSPS) is 24.3. The molecule has 0 radical (unpaired) electrons. The summed E-state index contributed by atoms with van der Waals surface area (Å²) in [6.45, 7) is 2.18. The number of nitrogens with one attached hydrogen (secondary N) is 1. The minimum atomic E-state index is -3.59. The molecule has 1 rings (SSSR count). The third-order valence-corrected chi connectivity index (χ3v) is 7.75. The summed E-state index contributed by atoms with van der Waals surface area (Å²) < 4.78 is 30.3. The first-order chi connectivity index (χ1) is 9.35. The zero-order valence-corrected chi connectivity index (χ0v) is 14.1. The Labute approximate surface area is 125 Å². The smallest absolute Gasteiger partial charge is 0.238 e. The summed E-state index contributed by atoms with van der Waals surface area (Å²) in [5.41, 5.74) is 0. The monoisotopic (exact) mass is 343 g/mol. The van der Waals surface area contributed by atoms with Crippen LogP contribution in [0.2, 0.25) is 0 Å². The van der Waals surface area contributed by atoms with E-state index in [1.54, 1.807) is 0 Å². The summed E-state index contributed by atoms with van der Waals surface area (Å²) in [6.07, 6.45) is 1.46. The van der Waals surface area contributed by atoms with E-state index in [-0.39, 0.29) is 12.8 Å². The van der Waals surface area contributed by atoms with Gasteiger partial charge in [0.15, 0.2) is 0 Å². The van der Waals surface area contributed by atoms with Crippen molar-refractivity contribution in [3.63, 3.8) is 0 Å². The number of rotatable bonds is 9. The first-order valence-electron chi connectivity index (χ1n) is 6.67. The van der Waals surface area contributed by atoms with Gasteiger partial charge in [-0.1, -0.05) is 6.70 Å². The molecular weight excluding hydrogens is 321 g/mol. The Kier molecular flexibility index (Phi) is 7.61. The van der Waals surface area contributed by atoms with Crippen molar-refractivity contribution < 1.29 is 23.1 Å². The molecule has 9 heteroatoms. The van der Waals surface area contributed by atoms with Crippen LogP contribution in [-0.2, 0) is 31.4 Å². The van der Waals surface area contributed by atoms with E-state index in [2.05, 4.69) is 0 Å². The summed E-state index contributed by atoms with van der Waals surface area (Å²) in [6, 6.07) is 0. The summed E-state index contributed by atoms with van der Waals surface area (Å²) in [7, 11) is -3.59. The maximum atomic E-state index is 11.6. The number of ether oxygens (including phenoxy) is 1. The highest BCUT2D eigenvalue weighted by Gasteiger charge is 2.37. The molecule has 3 unspecified atom stereocenters. The van der Waals surface area contributed by atoms with E-state index in [0.717, 1.165) is 12.6 Å². The number of aliphatic hydroxyl groups is 1. The second-order valence-corrected chi connectivity index (χ2v) is 10.5. The van der Waals surface area contributed by atoms with E-state index in [1.165, 1.54) is 0 Å². The highest BCUT2D eigenvalue weighted by Crippen LogP contribution is 2.26. The summed E-state index contributed by atoms with van der Waals surface area (Å²) in [5, 5.41) is 9.10. The van der Waals surface area contributed by atoms with Gasteiger partial charge in [-0.2, -0.15) is 0 Å². The average Bonchev–Trinajstić information content (AvgIpc) is 2.57. The van der Waals surface area contributed by atoms with Crippen molar-refractivity contribution in [1.82, 2.24) is 4.72 Å². The molecule has 1 saturated heterocycles. The van der Waals surface area contributed by atoms with E-state index in [1.807, 2.05) is 11.6 Å². The largest absolute Gasteiger partial charge is 0.393 e. The Morgan fingerprint density at radius 1 is 1.60 bits per heavy atom. The summed E-state index contributed by atoms with van der Waals surface area (Å²) >= 11 is 5.34. The fourth-order valence-electron chi connectivity index (χ4n) is 2.08. The van der Waals surface area contributed by atoms with Crippen LogP contribution in [0.5, 0.6) is 0 Å². The van der Waals surface area contributed by atoms with Crippen LogP contribution in [0.15, 0.2) is 0 Å². The lowest BCUT2D eigenvalue weighted by atomic mass is 10.1. The average molecular weight is 343 g/mol. The Morgan fingerprint density at radius 2 is 2.30 bits per heavy atom. The Morgan fingerprint density at radius 3 is 2.85 bits per heavy atom. The van der Waals surface area contributed by atoms with Crippen LogP contribution in [0.25, 0.3) is 0 Å². The van der Waals surface area contributed by atoms with Crippen LogP contribution in [0, 0.1) is 0 Å². The predicted molar refractivity (Wildman–Crippen MR) is 82.6 cm³/mol. The molecule has 1 heterocycles. The SMILES string of the molecule is CCOCCC[PH](=S)CC(O)CC1CC(=O)NS1(=O)=O. The molecule has 20 heavy (non-hydrogen) atoms. The number of carbonyl (C=O) groups excluding carboxylic acids is 1. The van der Waals surface area contributed by atoms with Gasteiger partial charge in [-0.15, -0.1) is 11.8 Å². The van der Waals surface area contributed by atoms with E-state index < -0.39 is 34.0 Å². The predicted octanol–water partition coefficient (Wildman–Crippen LogP) is 0.0584. The molecule has 3 atom stereocenters. The van der Waals surface area contributed by atoms with Crippen LogP contribution in [-0.4, -0.2) is 56.3 Å². The molecule has 0 aromatic rings. The van der Waals surface area contributed by atoms with Crippen LogP contribution >= 0.6 is 6.70 Å². The molecule has 0 saturated carbocycles. The fraction of sp³-hybridized carbons (Fsp3) is 0.909. The van der Waals surface area contributed by atoms with Gasteiger partial charge in [0.1, 0.15) is 0 Å². The maximum Gasteiger partial charge on any atom is 0.238 e. The van der Waals surface area contributed by atoms with E-state index in [9.17, 15) is 18.3 Å². The molecule has 0 aliphatic carbocycles. The Hall–Kier alpha value is -0.0100. The molecule has 118 valence electrons. The molecule has 1 aliphatic heterocycles. The third kappa shape index (κ3) is 6.18. The van der Waals surface area contributed by atoms with Gasteiger partial charge in [-0.3, -0.25) is 9.52 Å². The molecule has 6 nitrogen and oxygen atoms in total. The fourth-order valence-corrected chi connectivity index (χ4v) is 5.94. The molecule has 1 fully saturated rings. The number of aliphatic hydroxyl groups excluding tert-OH is 1. The number of hydrogen-bond acceptors (Lipinski definition) is 6. The number of carbonyl (C=O) groups is 1. The van der Waals surface area contributed by atoms with E-state index >= 15 is 0 Å². The van der Waals surface area contributed by atoms with Crippen molar-refractivity contribution in [3.05, 3.63) is 0 Å². The zero-order valence-electron chi connectivity index (χ0n) is 11.5. The second-order valence-electron chi connectivity index (χ2n) is 4.83. The van der Waals surface area contributed by atoms with Crippen LogP contribution in [0.1, 0.15) is 26.2 Å². The van der Waals surface area contributed by atoms with Gasteiger partial charge in [0.05, 0.1) is 11.4 Å². The van der Waals surface area contributed by atoms with Gasteiger partial charge in [0, 0.05) is 25.8 Å². The summed E-state index contributed by atoms with van der Waals surface area (Å²) in [4.78, 5) is 11.1. The van der Waals surface area contributed by atoms with Crippen molar-refractivity contribution in [2.24, 2.45) is 0 Å². The van der Waals surface area contributed by atoms with Gasteiger partial charge in [-0.05, 0) is 25.9 Å². The zero-order chi connectivity index (χ0) is 15.2. The lowest BCUT2D eigenvalue weighted by molar-refractivity contribution is -0.118. The maximum absolute atomic E-state index is 11.6. The van der Waals surface area contributed by atoms with Gasteiger partial charge in [-0.25, -0.2) is 8.42 Å².